The quantitative estimate of drug-likeness (QED) is 0.814. The van der Waals surface area contributed by atoms with Gasteiger partial charge in [0.1, 0.15) is 15.6 Å². The summed E-state index contributed by atoms with van der Waals surface area (Å²) in [5, 5.41) is 3.88. The van der Waals surface area contributed by atoms with Crippen molar-refractivity contribution < 1.29 is 8.42 Å². The van der Waals surface area contributed by atoms with Gasteiger partial charge in [-0.15, -0.1) is 0 Å². The second-order valence-corrected chi connectivity index (χ2v) is 7.04. The molecule has 0 saturated heterocycles. The maximum Gasteiger partial charge on any atom is 0.243 e. The Morgan fingerprint density at radius 1 is 1.50 bits per heavy atom. The maximum atomic E-state index is 12.3. The van der Waals surface area contributed by atoms with E-state index in [-0.39, 0.29) is 22.1 Å². The Morgan fingerprint density at radius 2 is 2.25 bits per heavy atom. The Balaban J connectivity index is 2.27. The summed E-state index contributed by atoms with van der Waals surface area (Å²) in [4.78, 5) is 3.88. The van der Waals surface area contributed by atoms with Gasteiger partial charge in [0, 0.05) is 12.7 Å². The molecule has 0 unspecified atom stereocenters. The van der Waals surface area contributed by atoms with Crippen LogP contribution >= 0.6 is 23.6 Å². The van der Waals surface area contributed by atoms with Crippen LogP contribution in [0.5, 0.6) is 0 Å². The minimum atomic E-state index is -3.70. The number of aromatic nitrogens is 1. The lowest BCUT2D eigenvalue weighted by atomic mass is 10.2. The van der Waals surface area contributed by atoms with E-state index in [1.807, 2.05) is 17.7 Å². The zero-order chi connectivity index (χ0) is 14.8. The third-order valence-electron chi connectivity index (χ3n) is 2.71. The van der Waals surface area contributed by atoms with Crippen LogP contribution in [0.15, 0.2) is 34.0 Å². The van der Waals surface area contributed by atoms with Crippen LogP contribution < -0.4 is 10.5 Å². The monoisotopic (exact) mass is 327 g/mol. The molecule has 5 nitrogen and oxygen atoms in total. The van der Waals surface area contributed by atoms with Crippen LogP contribution in [0.3, 0.4) is 0 Å². The highest BCUT2D eigenvalue weighted by molar-refractivity contribution is 7.89. The molecule has 8 heteroatoms. The van der Waals surface area contributed by atoms with Gasteiger partial charge in [-0.25, -0.2) is 13.1 Å². The highest BCUT2D eigenvalue weighted by Gasteiger charge is 2.20. The number of thiophene rings is 1. The van der Waals surface area contributed by atoms with Crippen molar-refractivity contribution in [3.8, 4) is 0 Å². The van der Waals surface area contributed by atoms with Crippen LogP contribution in [0.1, 0.15) is 16.8 Å². The number of thiocarbonyl (C=S) groups is 1. The lowest BCUT2D eigenvalue weighted by molar-refractivity contribution is 0.580. The number of rotatable bonds is 5. The largest absolute Gasteiger partial charge is 0.388 e. The van der Waals surface area contributed by atoms with Crippen molar-refractivity contribution in [1.29, 1.82) is 0 Å². The molecule has 0 amide bonds. The van der Waals surface area contributed by atoms with E-state index >= 15 is 0 Å². The second-order valence-electron chi connectivity index (χ2n) is 4.12. The topological polar surface area (TPSA) is 85.1 Å². The van der Waals surface area contributed by atoms with E-state index < -0.39 is 10.0 Å². The number of nitrogens with zero attached hydrogens (tertiary/aromatic N) is 1. The number of pyridine rings is 1. The molecule has 2 aromatic rings. The summed E-state index contributed by atoms with van der Waals surface area (Å²) in [7, 11) is -3.70. The van der Waals surface area contributed by atoms with E-state index in [0.717, 1.165) is 11.1 Å². The average molecular weight is 327 g/mol. The lowest BCUT2D eigenvalue weighted by Gasteiger charge is -2.09. The summed E-state index contributed by atoms with van der Waals surface area (Å²) in [6, 6.07) is 2.97. The highest BCUT2D eigenvalue weighted by atomic mass is 32.2. The summed E-state index contributed by atoms with van der Waals surface area (Å²) in [6.45, 7) is 2.16. The summed E-state index contributed by atoms with van der Waals surface area (Å²) in [5.41, 5.74) is 7.61. The van der Waals surface area contributed by atoms with Crippen LogP contribution in [-0.2, 0) is 16.6 Å². The summed E-state index contributed by atoms with van der Waals surface area (Å²) < 4.78 is 27.1. The molecular weight excluding hydrogens is 314 g/mol. The van der Waals surface area contributed by atoms with Crippen molar-refractivity contribution in [2.24, 2.45) is 5.73 Å². The van der Waals surface area contributed by atoms with Gasteiger partial charge in [-0.05, 0) is 40.9 Å². The van der Waals surface area contributed by atoms with Crippen LogP contribution in [0, 0.1) is 6.92 Å². The molecule has 0 saturated carbocycles. The Morgan fingerprint density at radius 3 is 2.85 bits per heavy atom. The van der Waals surface area contributed by atoms with Crippen LogP contribution in [0.4, 0.5) is 0 Å². The zero-order valence-corrected chi connectivity index (χ0v) is 13.1. The van der Waals surface area contributed by atoms with E-state index in [9.17, 15) is 8.42 Å². The average Bonchev–Trinajstić information content (AvgIpc) is 2.82. The molecule has 106 valence electrons. The molecule has 0 aliphatic heterocycles. The van der Waals surface area contributed by atoms with Crippen LogP contribution in [-0.4, -0.2) is 18.4 Å². The van der Waals surface area contributed by atoms with Gasteiger partial charge in [0.2, 0.25) is 10.0 Å². The molecule has 0 aliphatic carbocycles. The maximum absolute atomic E-state index is 12.3. The van der Waals surface area contributed by atoms with E-state index in [1.165, 1.54) is 29.7 Å². The molecule has 20 heavy (non-hydrogen) atoms. The van der Waals surface area contributed by atoms with Crippen LogP contribution in [0.25, 0.3) is 0 Å². The molecule has 2 aromatic heterocycles. The predicted molar refractivity (Wildman–Crippen MR) is 83.2 cm³/mol. The van der Waals surface area contributed by atoms with E-state index in [4.69, 9.17) is 18.0 Å². The van der Waals surface area contributed by atoms with Crippen molar-refractivity contribution in [1.82, 2.24) is 9.71 Å². The first kappa shape index (κ1) is 15.0. The first-order valence-electron chi connectivity index (χ1n) is 5.68. The lowest BCUT2D eigenvalue weighted by Crippen LogP contribution is -2.27. The van der Waals surface area contributed by atoms with Crippen LogP contribution in [0.2, 0.25) is 0 Å². The molecule has 0 atom stereocenters. The number of hydrogen-bond donors (Lipinski definition) is 2. The summed E-state index contributed by atoms with van der Waals surface area (Å²) in [6.07, 6.45) is 1.45. The second kappa shape index (κ2) is 5.96. The number of nitrogens with two attached hydrogens (primary N) is 1. The Labute approximate surface area is 126 Å². The number of aryl methyl sites for hydroxylation is 1. The van der Waals surface area contributed by atoms with Gasteiger partial charge in [-0.3, -0.25) is 4.98 Å². The van der Waals surface area contributed by atoms with Gasteiger partial charge in [-0.2, -0.15) is 11.3 Å². The minimum Gasteiger partial charge on any atom is -0.388 e. The number of sulfonamides is 1. The van der Waals surface area contributed by atoms with Crippen molar-refractivity contribution in [2.45, 2.75) is 18.4 Å². The standard InChI is InChI=1S/C12H13N3O2S3/c1-8-6-19-7-9(8)5-15-20(16,17)10-3-2-4-14-11(10)12(13)18/h2-4,6-7,15H,5H2,1H3,(H2,13,18). The number of hydrogen-bond acceptors (Lipinski definition) is 5. The fourth-order valence-corrected chi connectivity index (χ4v) is 3.87. The molecule has 2 rings (SSSR count). The normalized spacial score (nSPS) is 11.4. The molecule has 0 aromatic carbocycles. The van der Waals surface area contributed by atoms with Gasteiger partial charge in [0.05, 0.1) is 0 Å². The Kier molecular flexibility index (Phi) is 4.48. The summed E-state index contributed by atoms with van der Waals surface area (Å²) >= 11 is 6.36. The highest BCUT2D eigenvalue weighted by Crippen LogP contribution is 2.16. The molecule has 3 N–H and O–H groups in total. The molecule has 0 spiro atoms. The Hall–Kier alpha value is -1.35. The zero-order valence-electron chi connectivity index (χ0n) is 10.7. The van der Waals surface area contributed by atoms with Crippen molar-refractivity contribution >= 4 is 38.6 Å². The van der Waals surface area contributed by atoms with Gasteiger partial charge in [0.15, 0.2) is 0 Å². The minimum absolute atomic E-state index is 0.000354. The van der Waals surface area contributed by atoms with E-state index in [0.29, 0.717) is 0 Å². The first-order valence-corrected chi connectivity index (χ1v) is 8.51. The molecule has 0 fully saturated rings. The van der Waals surface area contributed by atoms with Crippen molar-refractivity contribution in [3.63, 3.8) is 0 Å². The van der Waals surface area contributed by atoms with E-state index in [1.54, 1.807) is 0 Å². The van der Waals surface area contributed by atoms with Gasteiger partial charge >= 0.3 is 0 Å². The molecule has 0 bridgehead atoms. The van der Waals surface area contributed by atoms with Crippen molar-refractivity contribution in [2.75, 3.05) is 0 Å². The third kappa shape index (κ3) is 3.21. The van der Waals surface area contributed by atoms with Gasteiger partial charge in [0.25, 0.3) is 0 Å². The van der Waals surface area contributed by atoms with Gasteiger partial charge in [-0.1, -0.05) is 12.2 Å². The third-order valence-corrected chi connectivity index (χ3v) is 5.24. The molecular formula is C12H13N3O2S3. The van der Waals surface area contributed by atoms with Crippen molar-refractivity contribution in [3.05, 3.63) is 45.9 Å². The smallest absolute Gasteiger partial charge is 0.243 e. The molecule has 0 aliphatic rings. The molecule has 0 radical (unpaired) electrons. The predicted octanol–water partition coefficient (Wildman–Crippen LogP) is 1.56. The summed E-state index contributed by atoms with van der Waals surface area (Å²) in [5.74, 6) is 0. The first-order chi connectivity index (χ1) is 9.42. The fraction of sp³-hybridized carbons (Fsp3) is 0.167. The SMILES string of the molecule is Cc1cscc1CNS(=O)(=O)c1cccnc1C(N)=S. The Bertz CT molecular complexity index is 738. The number of nitrogens with one attached hydrogen (secondary N) is 1. The van der Waals surface area contributed by atoms with Gasteiger partial charge < -0.3 is 5.73 Å². The fourth-order valence-electron chi connectivity index (χ4n) is 1.61. The van der Waals surface area contributed by atoms with E-state index in [2.05, 4.69) is 9.71 Å². The molecule has 2 heterocycles.